The van der Waals surface area contributed by atoms with Gasteiger partial charge in [-0.25, -0.2) is 8.42 Å². The maximum atomic E-state index is 13.7. The molecule has 0 heterocycles. The first-order chi connectivity index (χ1) is 17.0. The normalized spacial score (nSPS) is 15.2. The molecule has 1 aliphatic rings. The van der Waals surface area contributed by atoms with Crippen molar-refractivity contribution < 1.29 is 18.0 Å². The van der Waals surface area contributed by atoms with E-state index >= 15 is 0 Å². The molecule has 1 unspecified atom stereocenters. The van der Waals surface area contributed by atoms with Crippen molar-refractivity contribution in [2.24, 2.45) is 0 Å². The zero-order valence-corrected chi connectivity index (χ0v) is 23.0. The summed E-state index contributed by atoms with van der Waals surface area (Å²) >= 11 is 6.24. The standard InChI is InChI=1S/C27H36ClN3O4S/c1-19-13-15-22(16-14-19)17-30(21(3)27(33)29-23-9-6-5-7-10-23)26(32)18-31(36(4,34)35)25-12-8-11-24(28)20(25)2/h8,11-16,21,23H,5-7,9-10,17-18H2,1-4H3,(H,29,33). The van der Waals surface area contributed by atoms with Gasteiger partial charge in [0, 0.05) is 17.6 Å². The molecule has 0 radical (unpaired) electrons. The van der Waals surface area contributed by atoms with Gasteiger partial charge in [-0.1, -0.05) is 66.8 Å². The Hall–Kier alpha value is -2.58. The molecule has 196 valence electrons. The average Bonchev–Trinajstić information content (AvgIpc) is 2.83. The van der Waals surface area contributed by atoms with Gasteiger partial charge in [-0.15, -0.1) is 0 Å². The number of halogens is 1. The molecule has 1 saturated carbocycles. The molecular weight excluding hydrogens is 498 g/mol. The Morgan fingerprint density at radius 2 is 1.69 bits per heavy atom. The smallest absolute Gasteiger partial charge is 0.244 e. The van der Waals surface area contributed by atoms with Crippen molar-refractivity contribution in [2.75, 3.05) is 17.1 Å². The van der Waals surface area contributed by atoms with Crippen LogP contribution in [0.5, 0.6) is 0 Å². The molecule has 36 heavy (non-hydrogen) atoms. The highest BCUT2D eigenvalue weighted by Crippen LogP contribution is 2.28. The Balaban J connectivity index is 1.89. The van der Waals surface area contributed by atoms with Crippen LogP contribution in [0.1, 0.15) is 55.7 Å². The third-order valence-electron chi connectivity index (χ3n) is 6.78. The van der Waals surface area contributed by atoms with E-state index in [1.807, 2.05) is 31.2 Å². The summed E-state index contributed by atoms with van der Waals surface area (Å²) in [6.07, 6.45) is 6.25. The van der Waals surface area contributed by atoms with Crippen molar-refractivity contribution in [1.29, 1.82) is 0 Å². The van der Waals surface area contributed by atoms with E-state index in [-0.39, 0.29) is 18.5 Å². The molecule has 0 saturated heterocycles. The Morgan fingerprint density at radius 1 is 1.06 bits per heavy atom. The summed E-state index contributed by atoms with van der Waals surface area (Å²) in [6.45, 7) is 5.13. The second-order valence-corrected chi connectivity index (χ2v) is 12.0. The molecule has 2 aromatic carbocycles. The van der Waals surface area contributed by atoms with Crippen molar-refractivity contribution >= 4 is 39.1 Å². The Morgan fingerprint density at radius 3 is 2.31 bits per heavy atom. The zero-order valence-electron chi connectivity index (χ0n) is 21.5. The second kappa shape index (κ2) is 12.1. The summed E-state index contributed by atoms with van der Waals surface area (Å²) in [6, 6.07) is 12.0. The van der Waals surface area contributed by atoms with Crippen LogP contribution in [-0.4, -0.2) is 50.0 Å². The summed E-state index contributed by atoms with van der Waals surface area (Å²) < 4.78 is 26.6. The molecule has 0 aromatic heterocycles. The quantitative estimate of drug-likeness (QED) is 0.511. The molecule has 1 fully saturated rings. The molecule has 0 bridgehead atoms. The van der Waals surface area contributed by atoms with E-state index in [9.17, 15) is 18.0 Å². The van der Waals surface area contributed by atoms with Crippen molar-refractivity contribution in [2.45, 2.75) is 71.5 Å². The van der Waals surface area contributed by atoms with Crippen molar-refractivity contribution in [3.63, 3.8) is 0 Å². The topological polar surface area (TPSA) is 86.8 Å². The minimum atomic E-state index is -3.81. The highest BCUT2D eigenvalue weighted by Gasteiger charge is 2.31. The fourth-order valence-corrected chi connectivity index (χ4v) is 5.57. The van der Waals surface area contributed by atoms with E-state index in [1.54, 1.807) is 32.0 Å². The van der Waals surface area contributed by atoms with Gasteiger partial charge in [-0.05, 0) is 56.9 Å². The van der Waals surface area contributed by atoms with E-state index in [4.69, 9.17) is 11.6 Å². The summed E-state index contributed by atoms with van der Waals surface area (Å²) in [5.41, 5.74) is 2.84. The molecule has 0 spiro atoms. The largest absolute Gasteiger partial charge is 0.352 e. The number of hydrogen-bond acceptors (Lipinski definition) is 4. The van der Waals surface area contributed by atoms with Crippen LogP contribution in [0, 0.1) is 13.8 Å². The number of carbonyl (C=O) groups is 2. The number of nitrogens with one attached hydrogen (secondary N) is 1. The summed E-state index contributed by atoms with van der Waals surface area (Å²) in [5.74, 6) is -0.695. The van der Waals surface area contributed by atoms with Gasteiger partial charge in [-0.3, -0.25) is 13.9 Å². The first-order valence-electron chi connectivity index (χ1n) is 12.4. The molecule has 2 amide bonds. The van der Waals surface area contributed by atoms with Gasteiger partial charge in [0.15, 0.2) is 0 Å². The minimum absolute atomic E-state index is 0.103. The van der Waals surface area contributed by atoms with E-state index in [2.05, 4.69) is 5.32 Å². The summed E-state index contributed by atoms with van der Waals surface area (Å²) in [7, 11) is -3.81. The lowest BCUT2D eigenvalue weighted by atomic mass is 9.95. The molecular formula is C27H36ClN3O4S. The minimum Gasteiger partial charge on any atom is -0.352 e. The monoisotopic (exact) mass is 533 g/mol. The summed E-state index contributed by atoms with van der Waals surface area (Å²) in [4.78, 5) is 28.3. The van der Waals surface area contributed by atoms with Crippen LogP contribution in [0.15, 0.2) is 42.5 Å². The van der Waals surface area contributed by atoms with Crippen LogP contribution in [0.3, 0.4) is 0 Å². The molecule has 1 aliphatic carbocycles. The Kier molecular flexibility index (Phi) is 9.41. The number of hydrogen-bond donors (Lipinski definition) is 1. The molecule has 3 rings (SSSR count). The molecule has 7 nitrogen and oxygen atoms in total. The maximum Gasteiger partial charge on any atom is 0.244 e. The molecule has 1 atom stereocenters. The fourth-order valence-electron chi connectivity index (χ4n) is 4.50. The van der Waals surface area contributed by atoms with Gasteiger partial charge in [0.1, 0.15) is 12.6 Å². The van der Waals surface area contributed by atoms with Crippen LogP contribution in [-0.2, 0) is 26.2 Å². The number of nitrogens with zero attached hydrogens (tertiary/aromatic N) is 2. The third-order valence-corrected chi connectivity index (χ3v) is 8.32. The SMILES string of the molecule is Cc1ccc(CN(C(=O)CN(c2cccc(Cl)c2C)S(C)(=O)=O)C(C)C(=O)NC2CCCCC2)cc1. The van der Waals surface area contributed by atoms with E-state index in [0.717, 1.165) is 47.4 Å². The van der Waals surface area contributed by atoms with Crippen LogP contribution in [0.2, 0.25) is 5.02 Å². The first-order valence-corrected chi connectivity index (χ1v) is 14.6. The van der Waals surface area contributed by atoms with E-state index in [0.29, 0.717) is 16.3 Å². The molecule has 2 aromatic rings. The van der Waals surface area contributed by atoms with Crippen molar-refractivity contribution in [1.82, 2.24) is 10.2 Å². The Bertz CT molecular complexity index is 1180. The van der Waals surface area contributed by atoms with Gasteiger partial charge in [0.2, 0.25) is 21.8 Å². The van der Waals surface area contributed by atoms with Gasteiger partial charge < -0.3 is 10.2 Å². The molecule has 0 aliphatic heterocycles. The number of aryl methyl sites for hydroxylation is 1. The average molecular weight is 534 g/mol. The second-order valence-electron chi connectivity index (χ2n) is 9.68. The predicted octanol–water partition coefficient (Wildman–Crippen LogP) is 4.59. The number of sulfonamides is 1. The fraction of sp³-hybridized carbons (Fsp3) is 0.481. The number of anilines is 1. The summed E-state index contributed by atoms with van der Waals surface area (Å²) in [5, 5.41) is 3.51. The Labute approximate surface area is 219 Å². The van der Waals surface area contributed by atoms with Gasteiger partial charge in [0.25, 0.3) is 0 Å². The van der Waals surface area contributed by atoms with E-state index < -0.39 is 28.5 Å². The molecule has 1 N–H and O–H groups in total. The lowest BCUT2D eigenvalue weighted by Crippen LogP contribution is -2.53. The third kappa shape index (κ3) is 7.23. The van der Waals surface area contributed by atoms with E-state index in [1.165, 1.54) is 11.3 Å². The predicted molar refractivity (Wildman–Crippen MR) is 145 cm³/mol. The number of amides is 2. The van der Waals surface area contributed by atoms with Gasteiger partial charge >= 0.3 is 0 Å². The van der Waals surface area contributed by atoms with Gasteiger partial charge in [-0.2, -0.15) is 0 Å². The molecule has 9 heteroatoms. The van der Waals surface area contributed by atoms with Crippen LogP contribution in [0.25, 0.3) is 0 Å². The van der Waals surface area contributed by atoms with Crippen LogP contribution < -0.4 is 9.62 Å². The highest BCUT2D eigenvalue weighted by atomic mass is 35.5. The lowest BCUT2D eigenvalue weighted by molar-refractivity contribution is -0.139. The van der Waals surface area contributed by atoms with Crippen LogP contribution in [0.4, 0.5) is 5.69 Å². The first kappa shape index (κ1) is 28.0. The highest BCUT2D eigenvalue weighted by molar-refractivity contribution is 7.92. The maximum absolute atomic E-state index is 13.7. The number of rotatable bonds is 9. The van der Waals surface area contributed by atoms with Gasteiger partial charge in [0.05, 0.1) is 11.9 Å². The lowest BCUT2D eigenvalue weighted by Gasteiger charge is -2.33. The van der Waals surface area contributed by atoms with Crippen molar-refractivity contribution in [3.05, 3.63) is 64.2 Å². The number of carbonyl (C=O) groups excluding carboxylic acids is 2. The van der Waals surface area contributed by atoms with Crippen LogP contribution >= 0.6 is 11.6 Å². The number of benzene rings is 2. The van der Waals surface area contributed by atoms with Crippen molar-refractivity contribution in [3.8, 4) is 0 Å². The zero-order chi connectivity index (χ0) is 26.5.